The summed E-state index contributed by atoms with van der Waals surface area (Å²) in [6.07, 6.45) is 3.95. The van der Waals surface area contributed by atoms with Crippen molar-refractivity contribution in [1.82, 2.24) is 10.6 Å². The Balaban J connectivity index is 2.09. The fourth-order valence-electron chi connectivity index (χ4n) is 2.22. The van der Waals surface area contributed by atoms with Gasteiger partial charge in [-0.3, -0.25) is 0 Å². The van der Waals surface area contributed by atoms with Crippen LogP contribution in [0, 0.1) is 0 Å². The standard InChI is InChI=1S/C18H21ClN2/c1-2-12-20-13-14-21-18(15-6-4-3-5-7-15)16-8-10-17(19)11-9-16/h2-12,18,20-21H,13-14H2,1H3/b12-2-. The van der Waals surface area contributed by atoms with Gasteiger partial charge in [-0.15, -0.1) is 0 Å². The van der Waals surface area contributed by atoms with Crippen LogP contribution in [0.25, 0.3) is 0 Å². The summed E-state index contributed by atoms with van der Waals surface area (Å²) < 4.78 is 0. The van der Waals surface area contributed by atoms with Gasteiger partial charge >= 0.3 is 0 Å². The van der Waals surface area contributed by atoms with Crippen molar-refractivity contribution in [1.29, 1.82) is 0 Å². The summed E-state index contributed by atoms with van der Waals surface area (Å²) in [5, 5.41) is 7.59. The van der Waals surface area contributed by atoms with E-state index in [0.29, 0.717) is 0 Å². The molecule has 2 aromatic rings. The number of nitrogens with one attached hydrogen (secondary N) is 2. The molecule has 0 fully saturated rings. The smallest absolute Gasteiger partial charge is 0.0577 e. The van der Waals surface area contributed by atoms with Crippen LogP contribution in [-0.2, 0) is 0 Å². The van der Waals surface area contributed by atoms with Crippen molar-refractivity contribution in [2.45, 2.75) is 13.0 Å². The summed E-state index contributed by atoms with van der Waals surface area (Å²) >= 11 is 5.99. The summed E-state index contributed by atoms with van der Waals surface area (Å²) in [7, 11) is 0. The zero-order valence-electron chi connectivity index (χ0n) is 12.2. The highest BCUT2D eigenvalue weighted by molar-refractivity contribution is 6.30. The molecule has 21 heavy (non-hydrogen) atoms. The van der Waals surface area contributed by atoms with E-state index in [9.17, 15) is 0 Å². The second-order valence-electron chi connectivity index (χ2n) is 4.80. The quantitative estimate of drug-likeness (QED) is 0.751. The average Bonchev–Trinajstić information content (AvgIpc) is 2.53. The zero-order valence-corrected chi connectivity index (χ0v) is 13.0. The number of benzene rings is 2. The molecule has 1 atom stereocenters. The van der Waals surface area contributed by atoms with Gasteiger partial charge in [0, 0.05) is 18.1 Å². The SMILES string of the molecule is C/C=C\NCCNC(c1ccccc1)c1ccc(Cl)cc1. The van der Waals surface area contributed by atoms with Crippen molar-refractivity contribution < 1.29 is 0 Å². The number of hydrogen-bond donors (Lipinski definition) is 2. The second kappa shape index (κ2) is 8.50. The number of hydrogen-bond acceptors (Lipinski definition) is 2. The first-order valence-electron chi connectivity index (χ1n) is 7.19. The molecule has 0 radical (unpaired) electrons. The summed E-state index contributed by atoms with van der Waals surface area (Å²) in [5.74, 6) is 0. The first kappa shape index (κ1) is 15.6. The van der Waals surface area contributed by atoms with Crippen molar-refractivity contribution in [2.24, 2.45) is 0 Å². The maximum atomic E-state index is 5.99. The Kier molecular flexibility index (Phi) is 6.32. The molecule has 0 aliphatic rings. The molecule has 0 aromatic heterocycles. The largest absolute Gasteiger partial charge is 0.390 e. The molecule has 2 aromatic carbocycles. The van der Waals surface area contributed by atoms with Gasteiger partial charge in [-0.25, -0.2) is 0 Å². The van der Waals surface area contributed by atoms with Crippen molar-refractivity contribution in [3.63, 3.8) is 0 Å². The molecular weight excluding hydrogens is 280 g/mol. The van der Waals surface area contributed by atoms with Gasteiger partial charge < -0.3 is 10.6 Å². The van der Waals surface area contributed by atoms with E-state index < -0.39 is 0 Å². The van der Waals surface area contributed by atoms with Crippen LogP contribution in [-0.4, -0.2) is 13.1 Å². The van der Waals surface area contributed by atoms with E-state index in [4.69, 9.17) is 11.6 Å². The lowest BCUT2D eigenvalue weighted by Crippen LogP contribution is -2.29. The van der Waals surface area contributed by atoms with E-state index in [0.717, 1.165) is 18.1 Å². The Morgan fingerprint density at radius 1 is 0.952 bits per heavy atom. The monoisotopic (exact) mass is 300 g/mol. The van der Waals surface area contributed by atoms with E-state index in [1.807, 2.05) is 37.4 Å². The summed E-state index contributed by atoms with van der Waals surface area (Å²) in [6.45, 7) is 3.77. The fraction of sp³-hybridized carbons (Fsp3) is 0.222. The molecule has 3 heteroatoms. The molecule has 2 rings (SSSR count). The zero-order chi connectivity index (χ0) is 14.9. The van der Waals surface area contributed by atoms with Crippen molar-refractivity contribution in [3.05, 3.63) is 83.0 Å². The van der Waals surface area contributed by atoms with E-state index in [-0.39, 0.29) is 6.04 Å². The predicted molar refractivity (Wildman–Crippen MR) is 90.6 cm³/mol. The molecule has 0 aliphatic heterocycles. The normalized spacial score (nSPS) is 12.5. The Morgan fingerprint density at radius 3 is 2.29 bits per heavy atom. The van der Waals surface area contributed by atoms with Crippen molar-refractivity contribution >= 4 is 11.6 Å². The lowest BCUT2D eigenvalue weighted by atomic mass is 9.99. The van der Waals surface area contributed by atoms with Crippen LogP contribution < -0.4 is 10.6 Å². The van der Waals surface area contributed by atoms with Gasteiger partial charge in [-0.1, -0.05) is 60.1 Å². The molecule has 2 N–H and O–H groups in total. The Hall–Kier alpha value is -1.77. The summed E-state index contributed by atoms with van der Waals surface area (Å²) in [6, 6.07) is 18.7. The van der Waals surface area contributed by atoms with Crippen LogP contribution in [0.4, 0.5) is 0 Å². The van der Waals surface area contributed by atoms with Gasteiger partial charge in [0.05, 0.1) is 6.04 Å². The molecular formula is C18H21ClN2. The van der Waals surface area contributed by atoms with Crippen molar-refractivity contribution in [3.8, 4) is 0 Å². The molecule has 0 bridgehead atoms. The molecule has 0 saturated carbocycles. The van der Waals surface area contributed by atoms with Crippen LogP contribution in [0.2, 0.25) is 5.02 Å². The minimum absolute atomic E-state index is 0.177. The minimum atomic E-state index is 0.177. The van der Waals surface area contributed by atoms with E-state index in [2.05, 4.69) is 47.0 Å². The van der Waals surface area contributed by atoms with Gasteiger partial charge in [0.2, 0.25) is 0 Å². The first-order chi connectivity index (χ1) is 10.3. The van der Waals surface area contributed by atoms with E-state index in [1.165, 1.54) is 11.1 Å². The molecule has 0 spiro atoms. The van der Waals surface area contributed by atoms with Gasteiger partial charge in [0.15, 0.2) is 0 Å². The van der Waals surface area contributed by atoms with Crippen LogP contribution in [0.5, 0.6) is 0 Å². The maximum Gasteiger partial charge on any atom is 0.0577 e. The highest BCUT2D eigenvalue weighted by Crippen LogP contribution is 2.23. The highest BCUT2D eigenvalue weighted by Gasteiger charge is 2.12. The van der Waals surface area contributed by atoms with Crippen molar-refractivity contribution in [2.75, 3.05) is 13.1 Å². The first-order valence-corrected chi connectivity index (χ1v) is 7.57. The minimum Gasteiger partial charge on any atom is -0.390 e. The molecule has 110 valence electrons. The fourth-order valence-corrected chi connectivity index (χ4v) is 2.34. The third-order valence-corrected chi connectivity index (χ3v) is 3.49. The molecule has 0 saturated heterocycles. The van der Waals surface area contributed by atoms with Gasteiger partial charge in [-0.05, 0) is 36.4 Å². The summed E-state index contributed by atoms with van der Waals surface area (Å²) in [4.78, 5) is 0. The lowest BCUT2D eigenvalue weighted by molar-refractivity contribution is 0.594. The van der Waals surface area contributed by atoms with Crippen LogP contribution in [0.1, 0.15) is 24.1 Å². The number of rotatable bonds is 7. The number of allylic oxidation sites excluding steroid dienone is 1. The average molecular weight is 301 g/mol. The van der Waals surface area contributed by atoms with Crippen LogP contribution >= 0.6 is 11.6 Å². The van der Waals surface area contributed by atoms with Gasteiger partial charge in [0.25, 0.3) is 0 Å². The third kappa shape index (κ3) is 4.92. The van der Waals surface area contributed by atoms with Gasteiger partial charge in [-0.2, -0.15) is 0 Å². The number of halogens is 1. The molecule has 0 aliphatic carbocycles. The van der Waals surface area contributed by atoms with Crippen LogP contribution in [0.3, 0.4) is 0 Å². The molecule has 1 unspecified atom stereocenters. The molecule has 2 nitrogen and oxygen atoms in total. The lowest BCUT2D eigenvalue weighted by Gasteiger charge is -2.20. The van der Waals surface area contributed by atoms with Gasteiger partial charge in [0.1, 0.15) is 0 Å². The summed E-state index contributed by atoms with van der Waals surface area (Å²) in [5.41, 5.74) is 2.47. The van der Waals surface area contributed by atoms with E-state index in [1.54, 1.807) is 0 Å². The predicted octanol–water partition coefficient (Wildman–Crippen LogP) is 4.14. The maximum absolute atomic E-state index is 5.99. The highest BCUT2D eigenvalue weighted by atomic mass is 35.5. The van der Waals surface area contributed by atoms with E-state index >= 15 is 0 Å². The topological polar surface area (TPSA) is 24.1 Å². The molecule has 0 amide bonds. The molecule has 0 heterocycles. The Bertz CT molecular complexity index is 549. The Labute approximate surface area is 131 Å². The van der Waals surface area contributed by atoms with Crippen LogP contribution in [0.15, 0.2) is 66.9 Å². The third-order valence-electron chi connectivity index (χ3n) is 3.24. The Morgan fingerprint density at radius 2 is 1.62 bits per heavy atom. The second-order valence-corrected chi connectivity index (χ2v) is 5.24.